The van der Waals surface area contributed by atoms with Crippen molar-refractivity contribution < 1.29 is 4.79 Å². The third-order valence-corrected chi connectivity index (χ3v) is 6.00. The summed E-state index contributed by atoms with van der Waals surface area (Å²) in [5, 5.41) is 11.8. The Morgan fingerprint density at radius 2 is 2.35 bits per heavy atom. The summed E-state index contributed by atoms with van der Waals surface area (Å²) in [6.07, 6.45) is 7.00. The first-order valence-corrected chi connectivity index (χ1v) is 9.14. The first-order chi connectivity index (χ1) is 11.2. The number of rotatable bonds is 4. The molecule has 0 bridgehead atoms. The van der Waals surface area contributed by atoms with Crippen LogP contribution in [-0.2, 0) is 13.6 Å². The van der Waals surface area contributed by atoms with Gasteiger partial charge < -0.3 is 10.2 Å². The van der Waals surface area contributed by atoms with E-state index in [-0.39, 0.29) is 5.91 Å². The van der Waals surface area contributed by atoms with Crippen LogP contribution >= 0.6 is 11.3 Å². The number of aromatic nitrogens is 2. The SMILES string of the molecule is Cn1cc(C(=O)N(Cc2ccsc2)[C@H]2CC23CCNCC3)cn1. The first kappa shape index (κ1) is 14.9. The number of thiophene rings is 1. The van der Waals surface area contributed by atoms with E-state index in [0.717, 1.165) is 19.5 Å². The number of amides is 1. The van der Waals surface area contributed by atoms with E-state index in [0.29, 0.717) is 23.6 Å². The Kier molecular flexibility index (Phi) is 3.73. The van der Waals surface area contributed by atoms with Gasteiger partial charge in [-0.05, 0) is 60.2 Å². The maximum absolute atomic E-state index is 13.1. The molecule has 2 aromatic heterocycles. The molecule has 1 aliphatic carbocycles. The molecule has 0 aromatic carbocycles. The summed E-state index contributed by atoms with van der Waals surface area (Å²) < 4.78 is 1.70. The normalized spacial score (nSPS) is 22.2. The molecule has 1 saturated heterocycles. The molecule has 3 heterocycles. The summed E-state index contributed by atoms with van der Waals surface area (Å²) in [4.78, 5) is 15.1. The fourth-order valence-corrected chi connectivity index (χ4v) is 4.49. The second-order valence-electron chi connectivity index (χ2n) is 6.80. The highest BCUT2D eigenvalue weighted by Gasteiger charge is 2.57. The van der Waals surface area contributed by atoms with Crippen molar-refractivity contribution in [2.24, 2.45) is 12.5 Å². The Balaban J connectivity index is 1.58. The molecule has 1 N–H and O–H groups in total. The van der Waals surface area contributed by atoms with Gasteiger partial charge in [0.15, 0.2) is 0 Å². The van der Waals surface area contributed by atoms with Gasteiger partial charge in [0.2, 0.25) is 0 Å². The van der Waals surface area contributed by atoms with Crippen molar-refractivity contribution in [2.45, 2.75) is 31.8 Å². The molecule has 0 radical (unpaired) electrons. The van der Waals surface area contributed by atoms with Crippen LogP contribution in [-0.4, -0.2) is 39.7 Å². The molecule has 5 nitrogen and oxygen atoms in total. The second kappa shape index (κ2) is 5.76. The Morgan fingerprint density at radius 1 is 1.52 bits per heavy atom. The number of hydrogen-bond donors (Lipinski definition) is 1. The molecule has 23 heavy (non-hydrogen) atoms. The number of nitrogens with one attached hydrogen (secondary N) is 1. The van der Waals surface area contributed by atoms with E-state index in [4.69, 9.17) is 0 Å². The molecule has 4 rings (SSSR count). The van der Waals surface area contributed by atoms with Crippen molar-refractivity contribution in [1.29, 1.82) is 0 Å². The Labute approximate surface area is 140 Å². The molecule has 1 aliphatic heterocycles. The minimum atomic E-state index is 0.115. The Hall–Kier alpha value is -1.66. The van der Waals surface area contributed by atoms with Gasteiger partial charge in [-0.25, -0.2) is 0 Å². The molecule has 2 fully saturated rings. The molecular formula is C17H22N4OS. The summed E-state index contributed by atoms with van der Waals surface area (Å²) in [7, 11) is 1.85. The van der Waals surface area contributed by atoms with Crippen molar-refractivity contribution in [1.82, 2.24) is 20.0 Å². The number of carbonyl (C=O) groups excluding carboxylic acids is 1. The van der Waals surface area contributed by atoms with Crippen LogP contribution in [0.2, 0.25) is 0 Å². The van der Waals surface area contributed by atoms with Crippen molar-refractivity contribution >= 4 is 17.2 Å². The monoisotopic (exact) mass is 330 g/mol. The van der Waals surface area contributed by atoms with Gasteiger partial charge in [-0.15, -0.1) is 0 Å². The molecule has 1 saturated carbocycles. The van der Waals surface area contributed by atoms with Crippen LogP contribution in [0.15, 0.2) is 29.2 Å². The summed E-state index contributed by atoms with van der Waals surface area (Å²) in [6.45, 7) is 2.85. The van der Waals surface area contributed by atoms with Gasteiger partial charge >= 0.3 is 0 Å². The molecule has 1 amide bonds. The van der Waals surface area contributed by atoms with E-state index in [9.17, 15) is 4.79 Å². The fraction of sp³-hybridized carbons (Fsp3) is 0.529. The molecule has 1 atom stereocenters. The van der Waals surface area contributed by atoms with Crippen molar-refractivity contribution in [2.75, 3.05) is 13.1 Å². The first-order valence-electron chi connectivity index (χ1n) is 8.19. The van der Waals surface area contributed by atoms with E-state index in [1.165, 1.54) is 18.4 Å². The number of piperidine rings is 1. The Morgan fingerprint density at radius 3 is 3.00 bits per heavy atom. The van der Waals surface area contributed by atoms with E-state index < -0.39 is 0 Å². The van der Waals surface area contributed by atoms with Gasteiger partial charge in [0, 0.05) is 25.8 Å². The molecule has 2 aliphatic rings. The maximum Gasteiger partial charge on any atom is 0.257 e. The van der Waals surface area contributed by atoms with Crippen LogP contribution in [0.3, 0.4) is 0 Å². The van der Waals surface area contributed by atoms with E-state index in [2.05, 4.69) is 32.1 Å². The van der Waals surface area contributed by atoms with Crippen LogP contribution in [0.25, 0.3) is 0 Å². The highest BCUT2D eigenvalue weighted by atomic mass is 32.1. The summed E-state index contributed by atoms with van der Waals surface area (Å²) in [5.74, 6) is 0.115. The lowest BCUT2D eigenvalue weighted by Crippen LogP contribution is -2.39. The van der Waals surface area contributed by atoms with Gasteiger partial charge in [0.05, 0.1) is 11.8 Å². The minimum absolute atomic E-state index is 0.115. The molecule has 1 spiro atoms. The van der Waals surface area contributed by atoms with Crippen LogP contribution in [0, 0.1) is 5.41 Å². The number of aryl methyl sites for hydroxylation is 1. The standard InChI is InChI=1S/C17H22N4OS/c1-20-11-14(9-19-20)16(22)21(10-13-2-7-23-12-13)15-8-17(15)3-5-18-6-4-17/h2,7,9,11-12,15,18H,3-6,8,10H2,1H3/t15-/m0/s1. The molecule has 2 aromatic rings. The zero-order valence-corrected chi connectivity index (χ0v) is 14.2. The van der Waals surface area contributed by atoms with Crippen molar-refractivity contribution in [3.8, 4) is 0 Å². The van der Waals surface area contributed by atoms with Crippen LogP contribution in [0.4, 0.5) is 0 Å². The highest BCUT2D eigenvalue weighted by molar-refractivity contribution is 7.07. The van der Waals surface area contributed by atoms with Gasteiger partial charge in [-0.1, -0.05) is 0 Å². The van der Waals surface area contributed by atoms with Gasteiger partial charge in [0.25, 0.3) is 5.91 Å². The zero-order chi connectivity index (χ0) is 15.9. The molecular weight excluding hydrogens is 308 g/mol. The van der Waals surface area contributed by atoms with Crippen LogP contribution in [0.1, 0.15) is 35.2 Å². The van der Waals surface area contributed by atoms with E-state index in [1.807, 2.05) is 13.2 Å². The molecule has 122 valence electrons. The summed E-state index contributed by atoms with van der Waals surface area (Å²) in [5.41, 5.74) is 2.26. The van der Waals surface area contributed by atoms with Crippen LogP contribution in [0.5, 0.6) is 0 Å². The summed E-state index contributed by atoms with van der Waals surface area (Å²) >= 11 is 1.69. The number of carbonyl (C=O) groups is 1. The minimum Gasteiger partial charge on any atom is -0.331 e. The molecule has 0 unspecified atom stereocenters. The predicted molar refractivity (Wildman–Crippen MR) is 90.3 cm³/mol. The van der Waals surface area contributed by atoms with Crippen molar-refractivity contribution in [3.63, 3.8) is 0 Å². The average molecular weight is 330 g/mol. The largest absolute Gasteiger partial charge is 0.331 e. The van der Waals surface area contributed by atoms with Gasteiger partial charge in [-0.3, -0.25) is 9.48 Å². The van der Waals surface area contributed by atoms with E-state index in [1.54, 1.807) is 22.2 Å². The highest BCUT2D eigenvalue weighted by Crippen LogP contribution is 2.56. The maximum atomic E-state index is 13.1. The second-order valence-corrected chi connectivity index (χ2v) is 7.58. The van der Waals surface area contributed by atoms with Gasteiger partial charge in [0.1, 0.15) is 0 Å². The Bertz CT molecular complexity index is 687. The molecule has 6 heteroatoms. The third-order valence-electron chi connectivity index (χ3n) is 5.27. The smallest absolute Gasteiger partial charge is 0.257 e. The number of hydrogen-bond acceptors (Lipinski definition) is 4. The predicted octanol–water partition coefficient (Wildman–Crippen LogP) is 2.27. The lowest BCUT2D eigenvalue weighted by molar-refractivity contribution is 0.0692. The third kappa shape index (κ3) is 2.81. The quantitative estimate of drug-likeness (QED) is 0.935. The average Bonchev–Trinajstić information content (AvgIpc) is 2.97. The van der Waals surface area contributed by atoms with Gasteiger partial charge in [-0.2, -0.15) is 16.4 Å². The number of nitrogens with zero attached hydrogens (tertiary/aromatic N) is 3. The van der Waals surface area contributed by atoms with E-state index >= 15 is 0 Å². The topological polar surface area (TPSA) is 50.2 Å². The summed E-state index contributed by atoms with van der Waals surface area (Å²) in [6, 6.07) is 2.49. The fourth-order valence-electron chi connectivity index (χ4n) is 3.83. The lowest BCUT2D eigenvalue weighted by Gasteiger charge is -2.29. The lowest BCUT2D eigenvalue weighted by atomic mass is 9.93. The van der Waals surface area contributed by atoms with Crippen LogP contribution < -0.4 is 5.32 Å². The van der Waals surface area contributed by atoms with Crippen molar-refractivity contribution in [3.05, 3.63) is 40.3 Å². The zero-order valence-electron chi connectivity index (χ0n) is 13.4.